The van der Waals surface area contributed by atoms with Crippen LogP contribution in [0.4, 0.5) is 5.82 Å². The quantitative estimate of drug-likeness (QED) is 0.395. The third kappa shape index (κ3) is 6.25. The Kier molecular flexibility index (Phi) is 7.51. The number of aliphatic hydroxyl groups is 1. The number of carboxylic acid groups (broad SMARTS) is 1. The fourth-order valence-electron chi connectivity index (χ4n) is 4.68. The molecule has 0 spiro atoms. The molecule has 2 N–H and O–H groups in total. The van der Waals surface area contributed by atoms with Gasteiger partial charge in [-0.2, -0.15) is 0 Å². The van der Waals surface area contributed by atoms with Gasteiger partial charge in [-0.25, -0.2) is 9.97 Å². The van der Waals surface area contributed by atoms with Gasteiger partial charge in [0.05, 0.1) is 22.7 Å². The molecule has 1 unspecified atom stereocenters. The summed E-state index contributed by atoms with van der Waals surface area (Å²) in [6.45, 7) is 7.25. The van der Waals surface area contributed by atoms with E-state index in [-0.39, 0.29) is 6.42 Å². The molecular formula is C29H35N3O3. The molecule has 35 heavy (non-hydrogen) atoms. The first-order chi connectivity index (χ1) is 16.7. The SMILES string of the molecule is Cc1ccc(-c2nc3c(nc2-c2ccc(C)cc2)N(CCCCCCC(=O)O)CC(C)(O)C3)cc1. The predicted octanol–water partition coefficient (Wildman–Crippen LogP) is 5.58. The summed E-state index contributed by atoms with van der Waals surface area (Å²) in [5, 5.41) is 19.9. The number of rotatable bonds is 9. The Labute approximate surface area is 207 Å². The van der Waals surface area contributed by atoms with Crippen LogP contribution in [-0.4, -0.2) is 44.8 Å². The number of anilines is 1. The van der Waals surface area contributed by atoms with Gasteiger partial charge >= 0.3 is 5.97 Å². The van der Waals surface area contributed by atoms with Crippen molar-refractivity contribution in [2.45, 2.75) is 64.9 Å². The molecule has 6 nitrogen and oxygen atoms in total. The van der Waals surface area contributed by atoms with Gasteiger partial charge in [-0.1, -0.05) is 72.5 Å². The zero-order valence-corrected chi connectivity index (χ0v) is 20.9. The number of nitrogens with zero attached hydrogens (tertiary/aromatic N) is 3. The normalized spacial score (nSPS) is 17.3. The fraction of sp³-hybridized carbons (Fsp3) is 0.414. The molecule has 4 rings (SSSR count). The average Bonchev–Trinajstić information content (AvgIpc) is 2.81. The third-order valence-corrected chi connectivity index (χ3v) is 6.54. The van der Waals surface area contributed by atoms with Gasteiger partial charge in [-0.05, 0) is 33.6 Å². The second-order valence-electron chi connectivity index (χ2n) is 10.1. The van der Waals surface area contributed by atoms with Crippen LogP contribution in [-0.2, 0) is 11.2 Å². The van der Waals surface area contributed by atoms with Crippen molar-refractivity contribution >= 4 is 11.8 Å². The van der Waals surface area contributed by atoms with Gasteiger partial charge in [-0.15, -0.1) is 0 Å². The number of β-amino-alcohol motifs (C(OH)–C–C–N with tert-alkyl or cyclic N) is 1. The van der Waals surface area contributed by atoms with Crippen LogP contribution in [0.3, 0.4) is 0 Å². The minimum atomic E-state index is -0.888. The van der Waals surface area contributed by atoms with Gasteiger partial charge in [-0.3, -0.25) is 4.79 Å². The number of fused-ring (bicyclic) bond motifs is 1. The third-order valence-electron chi connectivity index (χ3n) is 6.54. The standard InChI is InChI=1S/C29H35N3O3/c1-20-9-13-22(14-10-20)26-27(23-15-11-21(2)12-16-23)31-28-24(30-26)18-29(3,35)19-32(28)17-7-5-4-6-8-25(33)34/h9-16,35H,4-8,17-19H2,1-3H3,(H,33,34). The van der Waals surface area contributed by atoms with Crippen LogP contribution in [0.5, 0.6) is 0 Å². The number of benzene rings is 2. The van der Waals surface area contributed by atoms with E-state index in [4.69, 9.17) is 15.1 Å². The molecule has 184 valence electrons. The highest BCUT2D eigenvalue weighted by Gasteiger charge is 2.35. The Morgan fingerprint density at radius 3 is 2.00 bits per heavy atom. The summed E-state index contributed by atoms with van der Waals surface area (Å²) in [5.41, 5.74) is 6.02. The molecule has 0 saturated heterocycles. The summed E-state index contributed by atoms with van der Waals surface area (Å²) in [4.78, 5) is 23.2. The summed E-state index contributed by atoms with van der Waals surface area (Å²) >= 11 is 0. The predicted molar refractivity (Wildman–Crippen MR) is 140 cm³/mol. The van der Waals surface area contributed by atoms with Crippen LogP contribution in [0.1, 0.15) is 55.8 Å². The van der Waals surface area contributed by atoms with E-state index in [1.54, 1.807) is 0 Å². The summed E-state index contributed by atoms with van der Waals surface area (Å²) in [6, 6.07) is 16.7. The highest BCUT2D eigenvalue weighted by Crippen LogP contribution is 2.36. The lowest BCUT2D eigenvalue weighted by Gasteiger charge is -2.38. The molecule has 0 bridgehead atoms. The summed E-state index contributed by atoms with van der Waals surface area (Å²) in [5.74, 6) is 0.0998. The van der Waals surface area contributed by atoms with Gasteiger partial charge in [0.15, 0.2) is 5.82 Å². The van der Waals surface area contributed by atoms with E-state index < -0.39 is 11.6 Å². The number of unbranched alkanes of at least 4 members (excludes halogenated alkanes) is 3. The van der Waals surface area contributed by atoms with E-state index in [0.717, 1.165) is 59.8 Å². The molecule has 3 aromatic rings. The van der Waals surface area contributed by atoms with E-state index in [1.165, 1.54) is 11.1 Å². The zero-order valence-electron chi connectivity index (χ0n) is 20.9. The molecule has 2 heterocycles. The van der Waals surface area contributed by atoms with Crippen molar-refractivity contribution in [3.05, 3.63) is 65.4 Å². The topological polar surface area (TPSA) is 86.6 Å². The van der Waals surface area contributed by atoms with E-state index in [1.807, 2.05) is 6.92 Å². The summed E-state index contributed by atoms with van der Waals surface area (Å²) < 4.78 is 0. The van der Waals surface area contributed by atoms with Gasteiger partial charge in [0, 0.05) is 37.1 Å². The van der Waals surface area contributed by atoms with Crippen molar-refractivity contribution in [1.82, 2.24) is 9.97 Å². The molecule has 0 saturated carbocycles. The highest BCUT2D eigenvalue weighted by atomic mass is 16.4. The van der Waals surface area contributed by atoms with Crippen LogP contribution in [0.25, 0.3) is 22.5 Å². The molecule has 2 aromatic carbocycles. The lowest BCUT2D eigenvalue weighted by Crippen LogP contribution is -2.48. The van der Waals surface area contributed by atoms with Crippen LogP contribution in [0.15, 0.2) is 48.5 Å². The van der Waals surface area contributed by atoms with Crippen molar-refractivity contribution in [3.8, 4) is 22.5 Å². The molecular weight excluding hydrogens is 438 g/mol. The van der Waals surface area contributed by atoms with E-state index in [0.29, 0.717) is 19.4 Å². The number of aliphatic carboxylic acids is 1. The van der Waals surface area contributed by atoms with Crippen LogP contribution in [0.2, 0.25) is 0 Å². The maximum Gasteiger partial charge on any atom is 0.303 e. The lowest BCUT2D eigenvalue weighted by molar-refractivity contribution is -0.137. The van der Waals surface area contributed by atoms with Gasteiger partial charge in [0.2, 0.25) is 0 Å². The van der Waals surface area contributed by atoms with Gasteiger partial charge < -0.3 is 15.1 Å². The maximum absolute atomic E-state index is 11.0. The molecule has 1 atom stereocenters. The van der Waals surface area contributed by atoms with E-state index >= 15 is 0 Å². The number of hydrogen-bond donors (Lipinski definition) is 2. The van der Waals surface area contributed by atoms with Crippen molar-refractivity contribution < 1.29 is 15.0 Å². The van der Waals surface area contributed by atoms with Crippen LogP contribution >= 0.6 is 0 Å². The van der Waals surface area contributed by atoms with Crippen molar-refractivity contribution in [1.29, 1.82) is 0 Å². The monoisotopic (exact) mass is 473 g/mol. The Balaban J connectivity index is 1.68. The number of carboxylic acids is 1. The molecule has 6 heteroatoms. The maximum atomic E-state index is 11.0. The average molecular weight is 474 g/mol. The first-order valence-corrected chi connectivity index (χ1v) is 12.5. The van der Waals surface area contributed by atoms with E-state index in [2.05, 4.69) is 67.3 Å². The molecule has 0 radical (unpaired) electrons. The second kappa shape index (κ2) is 10.6. The second-order valence-corrected chi connectivity index (χ2v) is 10.1. The largest absolute Gasteiger partial charge is 0.481 e. The van der Waals surface area contributed by atoms with Gasteiger partial charge in [0.1, 0.15) is 0 Å². The number of carbonyl (C=O) groups is 1. The Morgan fingerprint density at radius 1 is 0.886 bits per heavy atom. The highest BCUT2D eigenvalue weighted by molar-refractivity contribution is 5.80. The minimum absolute atomic E-state index is 0.217. The van der Waals surface area contributed by atoms with Crippen LogP contribution in [0, 0.1) is 13.8 Å². The molecule has 1 aliphatic rings. The summed E-state index contributed by atoms with van der Waals surface area (Å²) in [7, 11) is 0. The molecule has 1 aromatic heterocycles. The number of aromatic nitrogens is 2. The first kappa shape index (κ1) is 24.9. The molecule has 1 aliphatic heterocycles. The van der Waals surface area contributed by atoms with Gasteiger partial charge in [0.25, 0.3) is 0 Å². The van der Waals surface area contributed by atoms with E-state index in [9.17, 15) is 9.90 Å². The first-order valence-electron chi connectivity index (χ1n) is 12.5. The Hall–Kier alpha value is -3.25. The van der Waals surface area contributed by atoms with Crippen molar-refractivity contribution in [2.24, 2.45) is 0 Å². The van der Waals surface area contributed by atoms with Crippen LogP contribution < -0.4 is 4.90 Å². The molecule has 0 aliphatic carbocycles. The van der Waals surface area contributed by atoms with Crippen molar-refractivity contribution in [3.63, 3.8) is 0 Å². The molecule has 0 amide bonds. The number of hydrogen-bond acceptors (Lipinski definition) is 5. The Bertz CT molecular complexity index is 1170. The number of aryl methyl sites for hydroxylation is 2. The molecule has 0 fully saturated rings. The Morgan fingerprint density at radius 2 is 1.43 bits per heavy atom. The minimum Gasteiger partial charge on any atom is -0.481 e. The zero-order chi connectivity index (χ0) is 25.0. The van der Waals surface area contributed by atoms with Crippen molar-refractivity contribution in [2.75, 3.05) is 18.0 Å². The smallest absolute Gasteiger partial charge is 0.303 e. The lowest BCUT2D eigenvalue weighted by atomic mass is 9.93. The fourth-order valence-corrected chi connectivity index (χ4v) is 4.68. The summed E-state index contributed by atoms with van der Waals surface area (Å²) in [6.07, 6.45) is 4.11.